The van der Waals surface area contributed by atoms with E-state index >= 15 is 0 Å². The SMILES string of the molecule is C=CS(=O)(=O)N1Cc2ccccc2C[C@H]1C(=O)Nc1nc2c(C(=O)Nc3ncc[nH]3)cccc2[nH]1. The number of aromatic nitrogens is 4. The Morgan fingerprint density at radius 1 is 1.09 bits per heavy atom. The third-order valence-electron chi connectivity index (χ3n) is 5.77. The summed E-state index contributed by atoms with van der Waals surface area (Å²) in [7, 11) is -3.87. The Labute approximate surface area is 200 Å². The van der Waals surface area contributed by atoms with Gasteiger partial charge in [-0.3, -0.25) is 20.2 Å². The molecule has 0 saturated carbocycles. The highest BCUT2D eigenvalue weighted by atomic mass is 32.2. The molecule has 1 aliphatic rings. The van der Waals surface area contributed by atoms with Crippen LogP contribution in [-0.2, 0) is 27.8 Å². The Morgan fingerprint density at radius 3 is 2.63 bits per heavy atom. The van der Waals surface area contributed by atoms with Gasteiger partial charge in [0.15, 0.2) is 0 Å². The minimum absolute atomic E-state index is 0.0554. The average Bonchev–Trinajstić information content (AvgIpc) is 3.52. The normalized spacial score (nSPS) is 15.9. The van der Waals surface area contributed by atoms with Gasteiger partial charge in [-0.1, -0.05) is 36.9 Å². The molecule has 0 fully saturated rings. The molecule has 11 nitrogen and oxygen atoms in total. The van der Waals surface area contributed by atoms with Crippen molar-refractivity contribution in [2.24, 2.45) is 0 Å². The molecule has 12 heteroatoms. The van der Waals surface area contributed by atoms with Gasteiger partial charge in [0.05, 0.1) is 11.1 Å². The van der Waals surface area contributed by atoms with Gasteiger partial charge in [-0.2, -0.15) is 4.31 Å². The van der Waals surface area contributed by atoms with Crippen LogP contribution in [0.4, 0.5) is 11.9 Å². The first-order valence-corrected chi connectivity index (χ1v) is 12.2. The molecule has 0 saturated heterocycles. The van der Waals surface area contributed by atoms with Crippen molar-refractivity contribution in [1.29, 1.82) is 0 Å². The predicted octanol–water partition coefficient (Wildman–Crippen LogP) is 2.38. The number of hydrogen-bond donors (Lipinski definition) is 4. The standard InChI is InChI=1S/C23H21N7O4S/c1-2-35(33,34)30-13-15-7-4-3-6-14(15)12-18(30)21(32)29-23-26-17-9-5-8-16(19(17)27-23)20(31)28-22-24-10-11-25-22/h2-11,18H,1,12-13H2,(H2,24,25,28,31)(H2,26,27,29,32)/t18-/m0/s1. The van der Waals surface area contributed by atoms with Crippen LogP contribution in [0.5, 0.6) is 0 Å². The number of H-pyrrole nitrogens is 2. The van der Waals surface area contributed by atoms with Gasteiger partial charge in [0.25, 0.3) is 5.91 Å². The fourth-order valence-electron chi connectivity index (χ4n) is 4.07. The Kier molecular flexibility index (Phi) is 5.67. The lowest BCUT2D eigenvalue weighted by atomic mass is 9.95. The number of anilines is 2. The number of para-hydroxylation sites is 1. The number of rotatable bonds is 6. The van der Waals surface area contributed by atoms with Gasteiger partial charge in [0.2, 0.25) is 27.8 Å². The number of sulfonamides is 1. The molecule has 5 rings (SSSR count). The van der Waals surface area contributed by atoms with Crippen molar-refractivity contribution in [3.05, 3.63) is 83.5 Å². The van der Waals surface area contributed by atoms with Crippen LogP contribution >= 0.6 is 0 Å². The first-order chi connectivity index (χ1) is 16.9. The highest BCUT2D eigenvalue weighted by molar-refractivity contribution is 7.92. The summed E-state index contributed by atoms with van der Waals surface area (Å²) in [5.41, 5.74) is 2.87. The van der Waals surface area contributed by atoms with Gasteiger partial charge in [0.1, 0.15) is 11.6 Å². The number of nitrogens with zero attached hydrogens (tertiary/aromatic N) is 3. The Hall–Kier alpha value is -4.29. The smallest absolute Gasteiger partial charge is 0.260 e. The van der Waals surface area contributed by atoms with Crippen molar-refractivity contribution in [3.63, 3.8) is 0 Å². The zero-order valence-electron chi connectivity index (χ0n) is 18.4. The van der Waals surface area contributed by atoms with E-state index in [-0.39, 0.29) is 30.4 Å². The highest BCUT2D eigenvalue weighted by Gasteiger charge is 2.37. The number of nitrogens with one attached hydrogen (secondary N) is 4. The summed E-state index contributed by atoms with van der Waals surface area (Å²) in [6, 6.07) is 11.4. The van der Waals surface area contributed by atoms with Crippen LogP contribution in [0.25, 0.3) is 11.0 Å². The summed E-state index contributed by atoms with van der Waals surface area (Å²) in [5.74, 6) is -0.595. The fourth-order valence-corrected chi connectivity index (χ4v) is 5.10. The maximum atomic E-state index is 13.3. The monoisotopic (exact) mass is 491 g/mol. The Balaban J connectivity index is 1.42. The van der Waals surface area contributed by atoms with Crippen LogP contribution in [0, 0.1) is 0 Å². The van der Waals surface area contributed by atoms with Gasteiger partial charge in [-0.25, -0.2) is 18.4 Å². The number of carbonyl (C=O) groups excluding carboxylic acids is 2. The maximum absolute atomic E-state index is 13.3. The first kappa shape index (κ1) is 22.5. The quantitative estimate of drug-likeness (QED) is 0.325. The molecule has 1 atom stereocenters. The Morgan fingerprint density at radius 2 is 1.89 bits per heavy atom. The minimum atomic E-state index is -3.87. The minimum Gasteiger partial charge on any atom is -0.331 e. The van der Waals surface area contributed by atoms with E-state index < -0.39 is 27.9 Å². The molecule has 0 radical (unpaired) electrons. The number of hydrogen-bond acceptors (Lipinski definition) is 6. The van der Waals surface area contributed by atoms with Gasteiger partial charge >= 0.3 is 0 Å². The van der Waals surface area contributed by atoms with Crippen molar-refractivity contribution in [1.82, 2.24) is 24.2 Å². The van der Waals surface area contributed by atoms with Crippen LogP contribution in [0.1, 0.15) is 21.5 Å². The third kappa shape index (κ3) is 4.32. The number of benzene rings is 2. The van der Waals surface area contributed by atoms with E-state index in [0.29, 0.717) is 11.0 Å². The second-order valence-electron chi connectivity index (χ2n) is 7.91. The van der Waals surface area contributed by atoms with Crippen molar-refractivity contribution in [3.8, 4) is 0 Å². The van der Waals surface area contributed by atoms with Gasteiger partial charge in [-0.05, 0) is 29.7 Å². The summed E-state index contributed by atoms with van der Waals surface area (Å²) < 4.78 is 26.5. The fraction of sp³-hybridized carbons (Fsp3) is 0.130. The molecule has 0 aliphatic carbocycles. The number of imidazole rings is 2. The number of carbonyl (C=O) groups is 2. The second kappa shape index (κ2) is 8.81. The first-order valence-electron chi connectivity index (χ1n) is 10.7. The predicted molar refractivity (Wildman–Crippen MR) is 130 cm³/mol. The lowest BCUT2D eigenvalue weighted by molar-refractivity contribution is -0.120. The summed E-state index contributed by atoms with van der Waals surface area (Å²) in [6.07, 6.45) is 3.29. The molecule has 178 valence electrons. The molecule has 4 aromatic rings. The third-order valence-corrected chi connectivity index (χ3v) is 7.23. The van der Waals surface area contributed by atoms with E-state index in [2.05, 4.69) is 37.1 Å². The van der Waals surface area contributed by atoms with E-state index in [0.717, 1.165) is 20.8 Å². The molecular formula is C23H21N7O4S. The summed E-state index contributed by atoms with van der Waals surface area (Å²) in [4.78, 5) is 40.1. The maximum Gasteiger partial charge on any atom is 0.260 e. The van der Waals surface area contributed by atoms with E-state index in [1.165, 1.54) is 6.20 Å². The van der Waals surface area contributed by atoms with E-state index in [9.17, 15) is 18.0 Å². The lowest BCUT2D eigenvalue weighted by Gasteiger charge is -2.33. The zero-order valence-corrected chi connectivity index (χ0v) is 19.2. The summed E-state index contributed by atoms with van der Waals surface area (Å²) in [6.45, 7) is 3.45. The average molecular weight is 492 g/mol. The highest BCUT2D eigenvalue weighted by Crippen LogP contribution is 2.27. The van der Waals surface area contributed by atoms with Gasteiger partial charge < -0.3 is 9.97 Å². The second-order valence-corrected chi connectivity index (χ2v) is 9.75. The largest absolute Gasteiger partial charge is 0.331 e. The summed E-state index contributed by atoms with van der Waals surface area (Å²) >= 11 is 0. The molecule has 1 aliphatic heterocycles. The van der Waals surface area contributed by atoms with Crippen molar-refractivity contribution in [2.75, 3.05) is 10.6 Å². The molecule has 2 amide bonds. The van der Waals surface area contributed by atoms with Crippen molar-refractivity contribution >= 4 is 44.8 Å². The van der Waals surface area contributed by atoms with E-state index in [4.69, 9.17) is 0 Å². The van der Waals surface area contributed by atoms with Gasteiger partial charge in [-0.15, -0.1) is 0 Å². The lowest BCUT2D eigenvalue weighted by Crippen LogP contribution is -2.50. The van der Waals surface area contributed by atoms with Crippen LogP contribution in [0.2, 0.25) is 0 Å². The molecular weight excluding hydrogens is 470 g/mol. The number of aromatic amines is 2. The van der Waals surface area contributed by atoms with E-state index in [1.54, 1.807) is 24.4 Å². The topological polar surface area (TPSA) is 153 Å². The molecule has 0 unspecified atom stereocenters. The van der Waals surface area contributed by atoms with Crippen LogP contribution in [0.3, 0.4) is 0 Å². The van der Waals surface area contributed by atoms with Crippen molar-refractivity contribution < 1.29 is 18.0 Å². The van der Waals surface area contributed by atoms with Crippen molar-refractivity contribution in [2.45, 2.75) is 19.0 Å². The molecule has 35 heavy (non-hydrogen) atoms. The number of amides is 2. The molecule has 3 heterocycles. The van der Waals surface area contributed by atoms with Crippen LogP contribution in [0.15, 0.2) is 66.8 Å². The van der Waals surface area contributed by atoms with Crippen LogP contribution < -0.4 is 10.6 Å². The van der Waals surface area contributed by atoms with Crippen LogP contribution in [-0.4, -0.2) is 50.5 Å². The number of fused-ring (bicyclic) bond motifs is 2. The molecule has 2 aromatic carbocycles. The molecule has 2 aromatic heterocycles. The van der Waals surface area contributed by atoms with Gasteiger partial charge in [0, 0.05) is 24.3 Å². The molecule has 0 bridgehead atoms. The molecule has 0 spiro atoms. The van der Waals surface area contributed by atoms with E-state index in [1.807, 2.05) is 24.3 Å². The Bertz CT molecular complexity index is 1540. The zero-order chi connectivity index (χ0) is 24.6. The molecule has 4 N–H and O–H groups in total. The summed E-state index contributed by atoms with van der Waals surface area (Å²) in [5, 5.41) is 6.15.